The van der Waals surface area contributed by atoms with E-state index in [1.54, 1.807) is 7.11 Å². The highest BCUT2D eigenvalue weighted by atomic mass is 16.5. The number of benzene rings is 1. The first-order chi connectivity index (χ1) is 7.77. The lowest BCUT2D eigenvalue weighted by molar-refractivity contribution is -0.686. The smallest absolute Gasteiger partial charge is 0.161 e. The highest BCUT2D eigenvalue weighted by molar-refractivity contribution is 5.39. The summed E-state index contributed by atoms with van der Waals surface area (Å²) in [5.74, 6) is 1.62. The fourth-order valence-corrected chi connectivity index (χ4v) is 1.43. The van der Waals surface area contributed by atoms with Gasteiger partial charge in [-0.1, -0.05) is 19.1 Å². The first-order valence-electron chi connectivity index (χ1n) is 5.87. The number of methoxy groups -OCH3 is 1. The third-order valence-corrected chi connectivity index (χ3v) is 2.66. The van der Waals surface area contributed by atoms with Crippen molar-refractivity contribution in [1.82, 2.24) is 0 Å². The van der Waals surface area contributed by atoms with Crippen LogP contribution in [0.3, 0.4) is 0 Å². The molecule has 0 radical (unpaired) electrons. The van der Waals surface area contributed by atoms with Crippen molar-refractivity contribution in [1.29, 1.82) is 0 Å². The molecule has 3 heteroatoms. The van der Waals surface area contributed by atoms with Crippen LogP contribution >= 0.6 is 0 Å². The summed E-state index contributed by atoms with van der Waals surface area (Å²) in [5.41, 5.74) is 0. The van der Waals surface area contributed by atoms with Gasteiger partial charge >= 0.3 is 0 Å². The molecule has 0 heterocycles. The highest BCUT2D eigenvalue weighted by Gasteiger charge is 2.04. The predicted molar refractivity (Wildman–Crippen MR) is 65.0 cm³/mol. The zero-order chi connectivity index (χ0) is 11.8. The topological polar surface area (TPSA) is 35.1 Å². The summed E-state index contributed by atoms with van der Waals surface area (Å²) in [6, 6.07) is 8.41. The van der Waals surface area contributed by atoms with E-state index in [4.69, 9.17) is 9.47 Å². The van der Waals surface area contributed by atoms with E-state index in [2.05, 4.69) is 19.2 Å². The largest absolute Gasteiger partial charge is 0.493 e. The molecule has 0 aliphatic rings. The highest BCUT2D eigenvalue weighted by Crippen LogP contribution is 2.25. The van der Waals surface area contributed by atoms with Crippen molar-refractivity contribution >= 4 is 0 Å². The fourth-order valence-electron chi connectivity index (χ4n) is 1.43. The molecule has 1 atom stereocenters. The third-order valence-electron chi connectivity index (χ3n) is 2.66. The maximum atomic E-state index is 5.67. The lowest BCUT2D eigenvalue weighted by Crippen LogP contribution is -2.90. The van der Waals surface area contributed by atoms with E-state index in [-0.39, 0.29) is 0 Å². The molecule has 0 saturated heterocycles. The predicted octanol–water partition coefficient (Wildman–Crippen LogP) is 1.44. The van der Waals surface area contributed by atoms with Gasteiger partial charge in [-0.25, -0.2) is 0 Å². The molecule has 0 unspecified atom stereocenters. The van der Waals surface area contributed by atoms with Gasteiger partial charge in [-0.2, -0.15) is 0 Å². The minimum Gasteiger partial charge on any atom is -0.493 e. The van der Waals surface area contributed by atoms with Crippen LogP contribution in [0.25, 0.3) is 0 Å². The summed E-state index contributed by atoms with van der Waals surface area (Å²) in [4.78, 5) is 0. The summed E-state index contributed by atoms with van der Waals surface area (Å²) >= 11 is 0. The van der Waals surface area contributed by atoms with Gasteiger partial charge in [-0.15, -0.1) is 0 Å². The molecule has 0 amide bonds. The summed E-state index contributed by atoms with van der Waals surface area (Å²) in [7, 11) is 1.66. The molecule has 2 N–H and O–H groups in total. The monoisotopic (exact) mass is 224 g/mol. The summed E-state index contributed by atoms with van der Waals surface area (Å²) in [5, 5.41) is 2.30. The second kappa shape index (κ2) is 7.12. The van der Waals surface area contributed by atoms with Crippen LogP contribution in [0.15, 0.2) is 24.3 Å². The average molecular weight is 224 g/mol. The molecular formula is C13H22NO2+. The van der Waals surface area contributed by atoms with E-state index in [1.807, 2.05) is 24.3 Å². The normalized spacial score (nSPS) is 12.2. The molecule has 1 aromatic carbocycles. The Kier molecular flexibility index (Phi) is 5.72. The van der Waals surface area contributed by atoms with Crippen molar-refractivity contribution < 1.29 is 14.8 Å². The molecule has 0 fully saturated rings. The summed E-state index contributed by atoms with van der Waals surface area (Å²) in [6.07, 6.45) is 1.19. The fraction of sp³-hybridized carbons (Fsp3) is 0.538. The molecule has 0 saturated carbocycles. The second-order valence-corrected chi connectivity index (χ2v) is 3.91. The van der Waals surface area contributed by atoms with Crippen molar-refractivity contribution in [2.75, 3.05) is 20.3 Å². The van der Waals surface area contributed by atoms with Gasteiger partial charge in [0.05, 0.1) is 13.2 Å². The molecule has 0 aliphatic heterocycles. The number of hydrogen-bond donors (Lipinski definition) is 1. The Hall–Kier alpha value is -1.22. The Bertz CT molecular complexity index is 302. The van der Waals surface area contributed by atoms with Gasteiger partial charge in [0, 0.05) is 0 Å². The van der Waals surface area contributed by atoms with E-state index in [0.717, 1.165) is 18.0 Å². The van der Waals surface area contributed by atoms with E-state index in [9.17, 15) is 0 Å². The van der Waals surface area contributed by atoms with Crippen molar-refractivity contribution in [3.05, 3.63) is 24.3 Å². The van der Waals surface area contributed by atoms with Crippen molar-refractivity contribution in [2.45, 2.75) is 26.3 Å². The Balaban J connectivity index is 2.31. The molecule has 16 heavy (non-hydrogen) atoms. The number of rotatable bonds is 7. The van der Waals surface area contributed by atoms with E-state index >= 15 is 0 Å². The van der Waals surface area contributed by atoms with Gasteiger partial charge in [0.1, 0.15) is 13.2 Å². The van der Waals surface area contributed by atoms with E-state index in [0.29, 0.717) is 12.6 Å². The Morgan fingerprint density at radius 3 is 2.56 bits per heavy atom. The molecule has 3 nitrogen and oxygen atoms in total. The van der Waals surface area contributed by atoms with Crippen LogP contribution in [0.1, 0.15) is 20.3 Å². The summed E-state index contributed by atoms with van der Waals surface area (Å²) in [6.45, 7) is 6.11. The molecule has 1 rings (SSSR count). The maximum Gasteiger partial charge on any atom is 0.161 e. The second-order valence-electron chi connectivity index (χ2n) is 3.91. The minimum atomic E-state index is 0.668. The van der Waals surface area contributed by atoms with E-state index in [1.165, 1.54) is 6.42 Å². The number of ether oxygens (including phenoxy) is 2. The molecule has 0 aliphatic carbocycles. The third kappa shape index (κ3) is 4.11. The van der Waals surface area contributed by atoms with Crippen LogP contribution in [0.2, 0.25) is 0 Å². The van der Waals surface area contributed by atoms with Crippen LogP contribution in [0.4, 0.5) is 0 Å². The molecule has 0 spiro atoms. The SMILES string of the molecule is CC[C@@H](C)[NH2+]CCOc1ccccc1OC. The lowest BCUT2D eigenvalue weighted by Gasteiger charge is -2.11. The van der Waals surface area contributed by atoms with Gasteiger partial charge in [-0.05, 0) is 25.5 Å². The minimum absolute atomic E-state index is 0.668. The first-order valence-corrected chi connectivity index (χ1v) is 5.87. The number of nitrogens with two attached hydrogens (primary N) is 1. The van der Waals surface area contributed by atoms with Gasteiger partial charge in [0.15, 0.2) is 11.5 Å². The van der Waals surface area contributed by atoms with Crippen LogP contribution in [0.5, 0.6) is 11.5 Å². The van der Waals surface area contributed by atoms with Gasteiger partial charge in [0.25, 0.3) is 0 Å². The molecule has 90 valence electrons. The van der Waals surface area contributed by atoms with Crippen LogP contribution in [-0.2, 0) is 0 Å². The van der Waals surface area contributed by atoms with Gasteiger partial charge in [0.2, 0.25) is 0 Å². The Labute approximate surface area is 97.8 Å². The van der Waals surface area contributed by atoms with Crippen molar-refractivity contribution in [3.63, 3.8) is 0 Å². The quantitative estimate of drug-likeness (QED) is 0.711. The molecular weight excluding hydrogens is 202 g/mol. The van der Waals surface area contributed by atoms with Crippen LogP contribution in [-0.4, -0.2) is 26.3 Å². The molecule has 1 aromatic rings. The maximum absolute atomic E-state index is 5.67. The standard InChI is InChI=1S/C13H21NO2/c1-4-11(2)14-9-10-16-13-8-6-5-7-12(13)15-3/h5-8,11,14H,4,9-10H2,1-3H3/p+1/t11-/m1/s1. The number of hydrogen-bond acceptors (Lipinski definition) is 2. The van der Waals surface area contributed by atoms with Crippen molar-refractivity contribution in [2.24, 2.45) is 0 Å². The Morgan fingerprint density at radius 1 is 1.25 bits per heavy atom. The van der Waals surface area contributed by atoms with Gasteiger partial charge < -0.3 is 14.8 Å². The van der Waals surface area contributed by atoms with E-state index < -0.39 is 0 Å². The van der Waals surface area contributed by atoms with Crippen LogP contribution < -0.4 is 14.8 Å². The molecule has 0 aromatic heterocycles. The van der Waals surface area contributed by atoms with Crippen LogP contribution in [0, 0.1) is 0 Å². The molecule has 0 bridgehead atoms. The summed E-state index contributed by atoms with van der Waals surface area (Å²) < 4.78 is 10.9. The number of para-hydroxylation sites is 2. The average Bonchev–Trinajstić information content (AvgIpc) is 2.34. The number of quaternary nitrogens is 1. The van der Waals surface area contributed by atoms with Crippen molar-refractivity contribution in [3.8, 4) is 11.5 Å². The zero-order valence-electron chi connectivity index (χ0n) is 10.4. The lowest BCUT2D eigenvalue weighted by atomic mass is 10.3. The first kappa shape index (κ1) is 12.8. The Morgan fingerprint density at radius 2 is 1.94 bits per heavy atom. The zero-order valence-corrected chi connectivity index (χ0v) is 10.4. The van der Waals surface area contributed by atoms with Gasteiger partial charge in [-0.3, -0.25) is 0 Å².